The molecule has 23 heavy (non-hydrogen) atoms. The standard InChI is InChI=1S/C17H17N3O3/c1-10(2)20-15-14(16(21)19-17(20)22)13(8-9-18-15)11-4-6-12(23-3)7-5-11/h4-10H,1-3H3,(H,19,21,22). The molecule has 0 amide bonds. The van der Waals surface area contributed by atoms with Crippen LogP contribution in [0, 0.1) is 0 Å². The van der Waals surface area contributed by atoms with Crippen molar-refractivity contribution in [2.24, 2.45) is 0 Å². The van der Waals surface area contributed by atoms with Gasteiger partial charge < -0.3 is 4.74 Å². The Morgan fingerprint density at radius 3 is 2.43 bits per heavy atom. The van der Waals surface area contributed by atoms with E-state index in [0.717, 1.165) is 16.9 Å². The van der Waals surface area contributed by atoms with Crippen molar-refractivity contribution in [2.75, 3.05) is 7.11 Å². The summed E-state index contributed by atoms with van der Waals surface area (Å²) in [7, 11) is 1.60. The predicted octanol–water partition coefficient (Wildman–Crippen LogP) is 2.34. The number of rotatable bonds is 3. The van der Waals surface area contributed by atoms with Crippen LogP contribution in [0.25, 0.3) is 22.2 Å². The van der Waals surface area contributed by atoms with Crippen molar-refractivity contribution in [3.63, 3.8) is 0 Å². The summed E-state index contributed by atoms with van der Waals surface area (Å²) in [6, 6.07) is 9.06. The van der Waals surface area contributed by atoms with Gasteiger partial charge in [0, 0.05) is 12.2 Å². The molecule has 0 fully saturated rings. The van der Waals surface area contributed by atoms with E-state index in [9.17, 15) is 9.59 Å². The minimum atomic E-state index is -0.447. The number of benzene rings is 1. The molecule has 3 rings (SSSR count). The SMILES string of the molecule is COc1ccc(-c2ccnc3c2c(=O)[nH]c(=O)n3C(C)C)cc1. The molecule has 1 N–H and O–H groups in total. The average Bonchev–Trinajstić information content (AvgIpc) is 2.54. The highest BCUT2D eigenvalue weighted by Crippen LogP contribution is 2.26. The summed E-state index contributed by atoms with van der Waals surface area (Å²) in [5, 5.41) is 0.408. The molecule has 0 spiro atoms. The predicted molar refractivity (Wildman–Crippen MR) is 89.0 cm³/mol. The maximum absolute atomic E-state index is 12.4. The molecule has 0 bridgehead atoms. The zero-order valence-electron chi connectivity index (χ0n) is 13.2. The number of pyridine rings is 1. The van der Waals surface area contributed by atoms with Gasteiger partial charge in [-0.2, -0.15) is 0 Å². The van der Waals surface area contributed by atoms with Crippen molar-refractivity contribution in [2.45, 2.75) is 19.9 Å². The Morgan fingerprint density at radius 1 is 1.13 bits per heavy atom. The van der Waals surface area contributed by atoms with E-state index in [1.54, 1.807) is 19.4 Å². The molecule has 6 nitrogen and oxygen atoms in total. The topological polar surface area (TPSA) is 77.0 Å². The third-order valence-electron chi connectivity index (χ3n) is 3.74. The smallest absolute Gasteiger partial charge is 0.330 e. The van der Waals surface area contributed by atoms with Gasteiger partial charge in [-0.1, -0.05) is 12.1 Å². The minimum absolute atomic E-state index is 0.111. The van der Waals surface area contributed by atoms with E-state index < -0.39 is 11.2 Å². The molecule has 118 valence electrons. The van der Waals surface area contributed by atoms with Crippen molar-refractivity contribution in [1.82, 2.24) is 14.5 Å². The van der Waals surface area contributed by atoms with Crippen LogP contribution in [-0.4, -0.2) is 21.6 Å². The molecule has 3 aromatic rings. The molecule has 0 aliphatic carbocycles. The van der Waals surface area contributed by atoms with Crippen LogP contribution in [0.2, 0.25) is 0 Å². The maximum Gasteiger partial charge on any atom is 0.330 e. The van der Waals surface area contributed by atoms with Gasteiger partial charge in [0.1, 0.15) is 11.4 Å². The van der Waals surface area contributed by atoms with Crippen molar-refractivity contribution < 1.29 is 4.74 Å². The largest absolute Gasteiger partial charge is 0.497 e. The molecular formula is C17H17N3O3. The Morgan fingerprint density at radius 2 is 1.83 bits per heavy atom. The maximum atomic E-state index is 12.4. The van der Waals surface area contributed by atoms with Crippen molar-refractivity contribution in [3.8, 4) is 16.9 Å². The Labute approximate surface area is 132 Å². The molecule has 0 radical (unpaired) electrons. The van der Waals surface area contributed by atoms with Gasteiger partial charge in [-0.15, -0.1) is 0 Å². The van der Waals surface area contributed by atoms with Crippen LogP contribution < -0.4 is 16.0 Å². The molecule has 2 heterocycles. The van der Waals surface area contributed by atoms with Gasteiger partial charge in [0.05, 0.1) is 12.5 Å². The van der Waals surface area contributed by atoms with Crippen LogP contribution in [-0.2, 0) is 0 Å². The minimum Gasteiger partial charge on any atom is -0.497 e. The number of ether oxygens (including phenoxy) is 1. The molecule has 0 aliphatic heterocycles. The molecule has 0 saturated heterocycles. The zero-order valence-corrected chi connectivity index (χ0v) is 13.2. The number of methoxy groups -OCH3 is 1. The number of hydrogen-bond acceptors (Lipinski definition) is 4. The lowest BCUT2D eigenvalue weighted by molar-refractivity contribution is 0.415. The molecular weight excluding hydrogens is 294 g/mol. The quantitative estimate of drug-likeness (QED) is 0.805. The molecule has 2 aromatic heterocycles. The summed E-state index contributed by atoms with van der Waals surface area (Å²) in [5.41, 5.74) is 1.10. The molecule has 0 unspecified atom stereocenters. The second kappa shape index (κ2) is 5.72. The third kappa shape index (κ3) is 2.52. The third-order valence-corrected chi connectivity index (χ3v) is 3.74. The van der Waals surface area contributed by atoms with Gasteiger partial charge in [-0.05, 0) is 43.2 Å². The average molecular weight is 311 g/mol. The highest BCUT2D eigenvalue weighted by Gasteiger charge is 2.15. The lowest BCUT2D eigenvalue weighted by Crippen LogP contribution is -2.32. The first kappa shape index (κ1) is 15.0. The van der Waals surface area contributed by atoms with Gasteiger partial charge in [-0.25, -0.2) is 9.78 Å². The highest BCUT2D eigenvalue weighted by molar-refractivity contribution is 5.92. The number of nitrogens with zero attached hydrogens (tertiary/aromatic N) is 2. The molecule has 0 aliphatic rings. The first-order valence-corrected chi connectivity index (χ1v) is 7.31. The van der Waals surface area contributed by atoms with Crippen LogP contribution in [0.3, 0.4) is 0 Å². The molecule has 6 heteroatoms. The van der Waals surface area contributed by atoms with E-state index in [1.807, 2.05) is 38.1 Å². The van der Waals surface area contributed by atoms with Crippen LogP contribution in [0.5, 0.6) is 5.75 Å². The van der Waals surface area contributed by atoms with E-state index in [4.69, 9.17) is 4.74 Å². The Hall–Kier alpha value is -2.89. The first-order valence-electron chi connectivity index (χ1n) is 7.31. The normalized spacial score (nSPS) is 11.1. The van der Waals surface area contributed by atoms with Crippen molar-refractivity contribution in [1.29, 1.82) is 0 Å². The van der Waals surface area contributed by atoms with E-state index in [-0.39, 0.29) is 6.04 Å². The van der Waals surface area contributed by atoms with Crippen LogP contribution in [0.15, 0.2) is 46.1 Å². The summed E-state index contributed by atoms with van der Waals surface area (Å²) in [4.78, 5) is 31.1. The van der Waals surface area contributed by atoms with E-state index in [1.165, 1.54) is 4.57 Å². The van der Waals surface area contributed by atoms with Crippen molar-refractivity contribution >= 4 is 11.0 Å². The van der Waals surface area contributed by atoms with Gasteiger partial charge in [-0.3, -0.25) is 14.3 Å². The highest BCUT2D eigenvalue weighted by atomic mass is 16.5. The summed E-state index contributed by atoms with van der Waals surface area (Å²) < 4.78 is 6.65. The van der Waals surface area contributed by atoms with Gasteiger partial charge in [0.15, 0.2) is 0 Å². The second-order valence-electron chi connectivity index (χ2n) is 5.51. The summed E-state index contributed by atoms with van der Waals surface area (Å²) in [6.45, 7) is 3.75. The van der Waals surface area contributed by atoms with Gasteiger partial charge >= 0.3 is 5.69 Å². The van der Waals surface area contributed by atoms with E-state index in [2.05, 4.69) is 9.97 Å². The first-order chi connectivity index (χ1) is 11.0. The number of aromatic nitrogens is 3. The number of nitrogens with one attached hydrogen (secondary N) is 1. The van der Waals surface area contributed by atoms with Crippen LogP contribution >= 0.6 is 0 Å². The zero-order chi connectivity index (χ0) is 16.6. The van der Waals surface area contributed by atoms with Crippen LogP contribution in [0.4, 0.5) is 0 Å². The van der Waals surface area contributed by atoms with Crippen molar-refractivity contribution in [3.05, 3.63) is 57.4 Å². The van der Waals surface area contributed by atoms with Gasteiger partial charge in [0.2, 0.25) is 0 Å². The fourth-order valence-electron chi connectivity index (χ4n) is 2.66. The van der Waals surface area contributed by atoms with Gasteiger partial charge in [0.25, 0.3) is 5.56 Å². The molecule has 0 saturated carbocycles. The Kier molecular flexibility index (Phi) is 3.73. The number of fused-ring (bicyclic) bond motifs is 1. The Bertz CT molecular complexity index is 969. The lowest BCUT2D eigenvalue weighted by atomic mass is 10.0. The lowest BCUT2D eigenvalue weighted by Gasteiger charge is -2.14. The number of aromatic amines is 1. The fourth-order valence-corrected chi connectivity index (χ4v) is 2.66. The van der Waals surface area contributed by atoms with Crippen LogP contribution in [0.1, 0.15) is 19.9 Å². The summed E-state index contributed by atoms with van der Waals surface area (Å²) in [5.74, 6) is 0.736. The fraction of sp³-hybridized carbons (Fsp3) is 0.235. The number of hydrogen-bond donors (Lipinski definition) is 1. The van der Waals surface area contributed by atoms with E-state index >= 15 is 0 Å². The number of H-pyrrole nitrogens is 1. The second-order valence-corrected chi connectivity index (χ2v) is 5.51. The Balaban J connectivity index is 2.36. The summed E-state index contributed by atoms with van der Waals surface area (Å²) >= 11 is 0. The molecule has 0 atom stereocenters. The molecule has 1 aromatic carbocycles. The van der Waals surface area contributed by atoms with E-state index in [0.29, 0.717) is 11.0 Å². The summed E-state index contributed by atoms with van der Waals surface area (Å²) in [6.07, 6.45) is 1.61. The monoisotopic (exact) mass is 311 g/mol.